The van der Waals surface area contributed by atoms with Crippen molar-refractivity contribution in [3.63, 3.8) is 0 Å². The van der Waals surface area contributed by atoms with Crippen molar-refractivity contribution in [1.82, 2.24) is 14.3 Å². The highest BCUT2D eigenvalue weighted by atomic mass is 19.4. The van der Waals surface area contributed by atoms with Crippen LogP contribution in [0.5, 0.6) is 5.75 Å². The smallest absolute Gasteiger partial charge is 0.456 e. The van der Waals surface area contributed by atoms with Crippen molar-refractivity contribution in [2.75, 3.05) is 6.61 Å². The SMILES string of the molecule is Cc1cc(C(=O)COC(=O)Cn2nc(-c3ccccc3)oc2=O)c(C)n1-c1ccc(OC(F)(F)F)cc1. The number of ketones is 1. The first-order valence-corrected chi connectivity index (χ1v) is 10.9. The largest absolute Gasteiger partial charge is 0.573 e. The van der Waals surface area contributed by atoms with Gasteiger partial charge in [0.05, 0.1) is 0 Å². The van der Waals surface area contributed by atoms with Crippen LogP contribution in [0.25, 0.3) is 17.1 Å². The molecular formula is C25H20F3N3O6. The number of benzene rings is 2. The van der Waals surface area contributed by atoms with Gasteiger partial charge >= 0.3 is 18.1 Å². The van der Waals surface area contributed by atoms with Crippen LogP contribution in [-0.2, 0) is 16.1 Å². The molecule has 2 aromatic heterocycles. The molecule has 0 aliphatic carbocycles. The second-order valence-corrected chi connectivity index (χ2v) is 7.94. The van der Waals surface area contributed by atoms with Gasteiger partial charge in [-0.05, 0) is 56.3 Å². The molecule has 2 aromatic carbocycles. The highest BCUT2D eigenvalue weighted by Gasteiger charge is 2.31. The van der Waals surface area contributed by atoms with Gasteiger partial charge in [-0.2, -0.15) is 4.68 Å². The maximum atomic E-state index is 12.7. The number of rotatable bonds is 8. The molecule has 0 radical (unpaired) electrons. The summed E-state index contributed by atoms with van der Waals surface area (Å²) in [7, 11) is 0. The number of halogens is 3. The van der Waals surface area contributed by atoms with Crippen LogP contribution >= 0.6 is 0 Å². The Bertz CT molecular complexity index is 1480. The van der Waals surface area contributed by atoms with E-state index < -0.39 is 37.0 Å². The molecule has 0 saturated heterocycles. The lowest BCUT2D eigenvalue weighted by molar-refractivity contribution is -0.274. The highest BCUT2D eigenvalue weighted by Crippen LogP contribution is 2.26. The maximum Gasteiger partial charge on any atom is 0.573 e. The van der Waals surface area contributed by atoms with E-state index in [2.05, 4.69) is 9.84 Å². The van der Waals surface area contributed by atoms with Gasteiger partial charge in [-0.15, -0.1) is 18.3 Å². The van der Waals surface area contributed by atoms with Gasteiger partial charge in [0, 0.05) is 28.2 Å². The minimum atomic E-state index is -4.80. The zero-order valence-corrected chi connectivity index (χ0v) is 19.6. The predicted molar refractivity (Wildman–Crippen MR) is 123 cm³/mol. The van der Waals surface area contributed by atoms with Crippen LogP contribution in [0.4, 0.5) is 13.2 Å². The zero-order chi connectivity index (χ0) is 26.7. The molecule has 2 heterocycles. The summed E-state index contributed by atoms with van der Waals surface area (Å²) in [6.07, 6.45) is -4.80. The summed E-state index contributed by atoms with van der Waals surface area (Å²) in [4.78, 5) is 37.0. The predicted octanol–water partition coefficient (Wildman–Crippen LogP) is 4.24. The van der Waals surface area contributed by atoms with Crippen molar-refractivity contribution >= 4 is 11.8 Å². The first kappa shape index (κ1) is 25.5. The van der Waals surface area contributed by atoms with E-state index >= 15 is 0 Å². The maximum absolute atomic E-state index is 12.7. The monoisotopic (exact) mass is 515 g/mol. The molecule has 0 spiro atoms. The van der Waals surface area contributed by atoms with Gasteiger partial charge < -0.3 is 18.5 Å². The lowest BCUT2D eigenvalue weighted by atomic mass is 10.1. The lowest BCUT2D eigenvalue weighted by Gasteiger charge is -2.12. The number of carbonyl (C=O) groups excluding carboxylic acids is 2. The molecule has 0 amide bonds. The van der Waals surface area contributed by atoms with Gasteiger partial charge in [-0.25, -0.2) is 4.79 Å². The molecule has 0 atom stereocenters. The van der Waals surface area contributed by atoms with Crippen molar-refractivity contribution in [2.45, 2.75) is 26.8 Å². The number of ether oxygens (including phenoxy) is 2. The van der Waals surface area contributed by atoms with Crippen LogP contribution in [0.2, 0.25) is 0 Å². The normalized spacial score (nSPS) is 11.4. The van der Waals surface area contributed by atoms with E-state index in [9.17, 15) is 27.6 Å². The number of carbonyl (C=O) groups is 2. The van der Waals surface area contributed by atoms with Crippen LogP contribution in [0.1, 0.15) is 21.7 Å². The number of Topliss-reactive ketones (excluding diaryl/α,β-unsaturated/α-hetero) is 1. The molecule has 0 N–H and O–H groups in total. The Morgan fingerprint density at radius 2 is 1.70 bits per heavy atom. The third-order valence-electron chi connectivity index (χ3n) is 5.33. The number of aryl methyl sites for hydroxylation is 1. The Labute approximate surface area is 207 Å². The third kappa shape index (κ3) is 5.97. The summed E-state index contributed by atoms with van der Waals surface area (Å²) in [5, 5.41) is 3.97. The molecule has 0 saturated carbocycles. The number of alkyl halides is 3. The van der Waals surface area contributed by atoms with Crippen molar-refractivity contribution in [3.05, 3.63) is 88.2 Å². The third-order valence-corrected chi connectivity index (χ3v) is 5.33. The molecule has 4 rings (SSSR count). The average molecular weight is 515 g/mol. The second kappa shape index (κ2) is 10.2. The molecule has 192 valence electrons. The summed E-state index contributed by atoms with van der Waals surface area (Å²) in [5.74, 6) is -2.54. The number of nitrogens with zero attached hydrogens (tertiary/aromatic N) is 3. The van der Waals surface area contributed by atoms with E-state index in [4.69, 9.17) is 9.15 Å². The molecule has 0 fully saturated rings. The van der Waals surface area contributed by atoms with Crippen LogP contribution in [0.3, 0.4) is 0 Å². The number of hydrogen-bond donors (Lipinski definition) is 0. The van der Waals surface area contributed by atoms with E-state index in [0.29, 0.717) is 22.6 Å². The number of esters is 1. The standard InChI is InChI=1S/C25H20F3N3O6/c1-15-12-20(16(2)31(15)18-8-10-19(11-9-18)37-25(26,27)28)21(32)14-35-22(33)13-30-24(34)36-23(29-30)17-6-4-3-5-7-17/h3-12H,13-14H2,1-2H3. The molecular weight excluding hydrogens is 495 g/mol. The highest BCUT2D eigenvalue weighted by molar-refractivity contribution is 5.99. The Morgan fingerprint density at radius 1 is 1.03 bits per heavy atom. The quantitative estimate of drug-likeness (QED) is 0.255. The van der Waals surface area contributed by atoms with Crippen LogP contribution < -0.4 is 10.5 Å². The van der Waals surface area contributed by atoms with E-state index in [-0.39, 0.29) is 17.2 Å². The molecule has 0 unspecified atom stereocenters. The van der Waals surface area contributed by atoms with Crippen molar-refractivity contribution < 1.29 is 36.7 Å². The summed E-state index contributed by atoms with van der Waals surface area (Å²) in [6, 6.07) is 15.4. The first-order chi connectivity index (χ1) is 17.5. The number of hydrogen-bond acceptors (Lipinski definition) is 7. The van der Waals surface area contributed by atoms with Gasteiger partial charge in [0.15, 0.2) is 6.61 Å². The van der Waals surface area contributed by atoms with Crippen molar-refractivity contribution in [1.29, 1.82) is 0 Å². The molecule has 0 aliphatic rings. The summed E-state index contributed by atoms with van der Waals surface area (Å²) < 4.78 is 53.7. The topological polar surface area (TPSA) is 106 Å². The van der Waals surface area contributed by atoms with E-state index in [0.717, 1.165) is 4.68 Å². The fraction of sp³-hybridized carbons (Fsp3) is 0.200. The first-order valence-electron chi connectivity index (χ1n) is 10.9. The second-order valence-electron chi connectivity index (χ2n) is 7.94. The minimum absolute atomic E-state index is 0.0416. The molecule has 9 nitrogen and oxygen atoms in total. The zero-order valence-electron chi connectivity index (χ0n) is 19.6. The van der Waals surface area contributed by atoms with Crippen LogP contribution in [-0.4, -0.2) is 39.1 Å². The Balaban J connectivity index is 1.41. The Morgan fingerprint density at radius 3 is 2.35 bits per heavy atom. The van der Waals surface area contributed by atoms with Crippen molar-refractivity contribution in [3.8, 4) is 22.9 Å². The summed E-state index contributed by atoms with van der Waals surface area (Å²) >= 11 is 0. The molecule has 0 bridgehead atoms. The fourth-order valence-electron chi connectivity index (χ4n) is 3.73. The molecule has 4 aromatic rings. The van der Waals surface area contributed by atoms with Gasteiger partial charge in [0.1, 0.15) is 12.3 Å². The van der Waals surface area contributed by atoms with Gasteiger partial charge in [0.2, 0.25) is 11.7 Å². The van der Waals surface area contributed by atoms with Gasteiger partial charge in [-0.3, -0.25) is 9.59 Å². The average Bonchev–Trinajstić information content (AvgIpc) is 3.36. The van der Waals surface area contributed by atoms with Gasteiger partial charge in [-0.1, -0.05) is 18.2 Å². The Hall–Kier alpha value is -4.61. The van der Waals surface area contributed by atoms with E-state index in [1.165, 1.54) is 24.3 Å². The number of aromatic nitrogens is 3. The molecule has 0 aliphatic heterocycles. The Kier molecular flexibility index (Phi) is 7.00. The lowest BCUT2D eigenvalue weighted by Crippen LogP contribution is -2.24. The van der Waals surface area contributed by atoms with Crippen molar-refractivity contribution in [2.24, 2.45) is 0 Å². The van der Waals surface area contributed by atoms with E-state index in [1.807, 2.05) is 0 Å². The molecule has 12 heteroatoms. The van der Waals surface area contributed by atoms with Crippen LogP contribution in [0, 0.1) is 13.8 Å². The summed E-state index contributed by atoms with van der Waals surface area (Å²) in [5.41, 5.74) is 2.48. The van der Waals surface area contributed by atoms with E-state index in [1.54, 1.807) is 54.8 Å². The molecule has 37 heavy (non-hydrogen) atoms. The fourth-order valence-corrected chi connectivity index (χ4v) is 3.73. The summed E-state index contributed by atoms with van der Waals surface area (Å²) in [6.45, 7) is 2.24. The van der Waals surface area contributed by atoms with Gasteiger partial charge in [0.25, 0.3) is 0 Å². The van der Waals surface area contributed by atoms with Crippen LogP contribution in [0.15, 0.2) is 69.9 Å². The minimum Gasteiger partial charge on any atom is -0.456 e.